The molecular weight excluding hydrogens is 436 g/mol. The van der Waals surface area contributed by atoms with Crippen LogP contribution in [0.25, 0.3) is 0 Å². The van der Waals surface area contributed by atoms with Crippen LogP contribution in [-0.2, 0) is 22.6 Å². The molecule has 0 radical (unpaired) electrons. The van der Waals surface area contributed by atoms with Crippen molar-refractivity contribution >= 4 is 17.8 Å². The van der Waals surface area contributed by atoms with Crippen molar-refractivity contribution in [1.82, 2.24) is 20.0 Å². The van der Waals surface area contributed by atoms with Crippen molar-refractivity contribution in [3.05, 3.63) is 47.3 Å². The van der Waals surface area contributed by atoms with Gasteiger partial charge in [0, 0.05) is 18.7 Å². The van der Waals surface area contributed by atoms with Gasteiger partial charge < -0.3 is 19.7 Å². The first-order chi connectivity index (χ1) is 16.2. The van der Waals surface area contributed by atoms with E-state index in [0.717, 1.165) is 31.2 Å². The van der Waals surface area contributed by atoms with E-state index < -0.39 is 11.5 Å². The molecule has 4 rings (SSSR count). The second-order valence-corrected chi connectivity index (χ2v) is 9.51. The number of carbonyl (C=O) groups excluding carboxylic acids is 3. The van der Waals surface area contributed by atoms with Gasteiger partial charge in [0.25, 0.3) is 5.91 Å². The lowest BCUT2D eigenvalue weighted by molar-refractivity contribution is -0.134. The molecule has 0 unspecified atom stereocenters. The molecule has 182 valence electrons. The van der Waals surface area contributed by atoms with Crippen LogP contribution in [-0.4, -0.2) is 58.3 Å². The number of ether oxygens (including phenoxy) is 2. The second kappa shape index (κ2) is 9.48. The third-order valence-corrected chi connectivity index (χ3v) is 7.03. The summed E-state index contributed by atoms with van der Waals surface area (Å²) in [6.45, 7) is 4.36. The van der Waals surface area contributed by atoms with Crippen LogP contribution < -0.4 is 10.1 Å². The van der Waals surface area contributed by atoms with E-state index in [1.165, 1.54) is 17.9 Å². The van der Waals surface area contributed by atoms with Gasteiger partial charge in [-0.25, -0.2) is 4.79 Å². The topological polar surface area (TPSA) is 103 Å². The smallest absolute Gasteiger partial charge is 0.358 e. The zero-order chi connectivity index (χ0) is 24.5. The SMILES string of the molecule is COC(=O)c1cc2n(n1)C[C@](C)(C(=O)NC1CCC(C)CC1)N(Cc1ccc(OC)cc1)C2=O. The number of carbonyl (C=O) groups is 3. The molecule has 2 amide bonds. The minimum Gasteiger partial charge on any atom is -0.497 e. The predicted octanol–water partition coefficient (Wildman–Crippen LogP) is 2.79. The number of rotatable bonds is 6. The Bertz CT molecular complexity index is 1070. The normalized spacial score (nSPS) is 24.4. The minimum absolute atomic E-state index is 0.0428. The molecular formula is C25H32N4O5. The number of amides is 2. The van der Waals surface area contributed by atoms with Gasteiger partial charge in [0.1, 0.15) is 17.0 Å². The van der Waals surface area contributed by atoms with Crippen LogP contribution >= 0.6 is 0 Å². The van der Waals surface area contributed by atoms with Gasteiger partial charge >= 0.3 is 5.97 Å². The van der Waals surface area contributed by atoms with Gasteiger partial charge in [-0.05, 0) is 56.2 Å². The maximum Gasteiger partial charge on any atom is 0.358 e. The fourth-order valence-corrected chi connectivity index (χ4v) is 4.75. The summed E-state index contributed by atoms with van der Waals surface area (Å²) in [4.78, 5) is 40.9. The number of esters is 1. The van der Waals surface area contributed by atoms with Crippen molar-refractivity contribution in [3.63, 3.8) is 0 Å². The van der Waals surface area contributed by atoms with E-state index in [0.29, 0.717) is 11.7 Å². The lowest BCUT2D eigenvalue weighted by atomic mass is 9.86. The van der Waals surface area contributed by atoms with Crippen LogP contribution in [0.3, 0.4) is 0 Å². The Morgan fingerprint density at radius 1 is 1.15 bits per heavy atom. The number of fused-ring (bicyclic) bond motifs is 1. The second-order valence-electron chi connectivity index (χ2n) is 9.51. The molecule has 2 aromatic rings. The molecule has 9 heteroatoms. The average molecular weight is 469 g/mol. The van der Waals surface area contributed by atoms with Gasteiger partial charge in [0.05, 0.1) is 20.8 Å². The molecule has 1 N–H and O–H groups in total. The largest absolute Gasteiger partial charge is 0.497 e. The summed E-state index contributed by atoms with van der Waals surface area (Å²) in [7, 11) is 2.86. The highest BCUT2D eigenvalue weighted by molar-refractivity contribution is 6.01. The number of benzene rings is 1. The van der Waals surface area contributed by atoms with Crippen molar-refractivity contribution in [3.8, 4) is 5.75 Å². The predicted molar refractivity (Wildman–Crippen MR) is 124 cm³/mol. The first-order valence-electron chi connectivity index (χ1n) is 11.7. The summed E-state index contributed by atoms with van der Waals surface area (Å²) in [5.41, 5.74) is -0.0281. The van der Waals surface area contributed by atoms with Crippen molar-refractivity contribution in [1.29, 1.82) is 0 Å². The molecule has 9 nitrogen and oxygen atoms in total. The lowest BCUT2D eigenvalue weighted by Gasteiger charge is -2.44. The minimum atomic E-state index is -1.19. The van der Waals surface area contributed by atoms with Crippen LogP contribution in [0, 0.1) is 5.92 Å². The molecule has 2 heterocycles. The van der Waals surface area contributed by atoms with E-state index in [-0.39, 0.29) is 42.3 Å². The fourth-order valence-electron chi connectivity index (χ4n) is 4.75. The van der Waals surface area contributed by atoms with Gasteiger partial charge in [-0.1, -0.05) is 19.1 Å². The Balaban J connectivity index is 1.66. The summed E-state index contributed by atoms with van der Waals surface area (Å²) < 4.78 is 11.5. The van der Waals surface area contributed by atoms with E-state index in [1.54, 1.807) is 18.9 Å². The highest BCUT2D eigenvalue weighted by Crippen LogP contribution is 2.31. The third-order valence-electron chi connectivity index (χ3n) is 7.03. The summed E-state index contributed by atoms with van der Waals surface area (Å²) >= 11 is 0. The maximum atomic E-state index is 13.7. The van der Waals surface area contributed by atoms with E-state index in [4.69, 9.17) is 9.47 Å². The van der Waals surface area contributed by atoms with E-state index in [1.807, 2.05) is 24.3 Å². The van der Waals surface area contributed by atoms with Crippen molar-refractivity contribution < 1.29 is 23.9 Å². The van der Waals surface area contributed by atoms with Gasteiger partial charge in [0.2, 0.25) is 5.91 Å². The molecule has 1 aliphatic carbocycles. The highest BCUT2D eigenvalue weighted by atomic mass is 16.5. The number of methoxy groups -OCH3 is 2. The van der Waals surface area contributed by atoms with Crippen molar-refractivity contribution in [2.24, 2.45) is 5.92 Å². The monoisotopic (exact) mass is 468 g/mol. The first-order valence-corrected chi connectivity index (χ1v) is 11.7. The molecule has 1 saturated carbocycles. The van der Waals surface area contributed by atoms with Gasteiger partial charge in [-0.3, -0.25) is 14.3 Å². The Morgan fingerprint density at radius 2 is 1.82 bits per heavy atom. The molecule has 0 saturated heterocycles. The van der Waals surface area contributed by atoms with Crippen LogP contribution in [0.5, 0.6) is 5.75 Å². The lowest BCUT2D eigenvalue weighted by Crippen LogP contribution is -2.64. The van der Waals surface area contributed by atoms with Gasteiger partial charge in [-0.15, -0.1) is 0 Å². The Morgan fingerprint density at radius 3 is 2.44 bits per heavy atom. The summed E-state index contributed by atoms with van der Waals surface area (Å²) in [6.07, 6.45) is 3.99. The third kappa shape index (κ3) is 4.51. The van der Waals surface area contributed by atoms with Crippen molar-refractivity contribution in [2.45, 2.75) is 64.2 Å². The first kappa shape index (κ1) is 23.8. The Labute approximate surface area is 199 Å². The fraction of sp³-hybridized carbons (Fsp3) is 0.520. The van der Waals surface area contributed by atoms with E-state index in [2.05, 4.69) is 17.3 Å². The van der Waals surface area contributed by atoms with Crippen LogP contribution in [0.15, 0.2) is 30.3 Å². The van der Waals surface area contributed by atoms with Crippen molar-refractivity contribution in [2.75, 3.05) is 14.2 Å². The van der Waals surface area contributed by atoms with Crippen LogP contribution in [0.2, 0.25) is 0 Å². The van der Waals surface area contributed by atoms with Crippen LogP contribution in [0.1, 0.15) is 66.1 Å². The molecule has 1 aliphatic heterocycles. The summed E-state index contributed by atoms with van der Waals surface area (Å²) in [6, 6.07) is 8.91. The number of hydrogen-bond acceptors (Lipinski definition) is 6. The molecule has 0 bridgehead atoms. The zero-order valence-electron chi connectivity index (χ0n) is 20.2. The quantitative estimate of drug-likeness (QED) is 0.654. The van der Waals surface area contributed by atoms with Gasteiger partial charge in [0.15, 0.2) is 5.69 Å². The zero-order valence-corrected chi connectivity index (χ0v) is 20.2. The van der Waals surface area contributed by atoms with E-state index in [9.17, 15) is 14.4 Å². The maximum absolute atomic E-state index is 13.7. The molecule has 1 aromatic carbocycles. The molecule has 1 aromatic heterocycles. The Kier molecular flexibility index (Phi) is 6.63. The highest BCUT2D eigenvalue weighted by Gasteiger charge is 2.48. The average Bonchev–Trinajstić information content (AvgIpc) is 3.27. The Hall–Kier alpha value is -3.36. The molecule has 1 atom stereocenters. The van der Waals surface area contributed by atoms with E-state index >= 15 is 0 Å². The number of nitrogens with zero attached hydrogens (tertiary/aromatic N) is 3. The number of nitrogens with one attached hydrogen (secondary N) is 1. The molecule has 0 spiro atoms. The molecule has 2 aliphatic rings. The number of aromatic nitrogens is 2. The van der Waals surface area contributed by atoms with Gasteiger partial charge in [-0.2, -0.15) is 5.10 Å². The molecule has 34 heavy (non-hydrogen) atoms. The van der Waals surface area contributed by atoms with Crippen LogP contribution in [0.4, 0.5) is 0 Å². The number of hydrogen-bond donors (Lipinski definition) is 1. The summed E-state index contributed by atoms with van der Waals surface area (Å²) in [5, 5.41) is 7.46. The molecule has 1 fully saturated rings. The standard InChI is InChI=1S/C25H32N4O5/c1-16-5-9-18(10-6-16)26-24(32)25(2)15-29-21(13-20(27-29)23(31)34-4)22(30)28(25)14-17-7-11-19(33-3)12-8-17/h7-8,11-13,16,18H,5-6,9-10,14-15H2,1-4H3,(H,26,32)/t16?,18?,25-/m1/s1. The summed E-state index contributed by atoms with van der Waals surface area (Å²) in [5.74, 6) is 0.171.